The number of unbranched alkanes of at least 4 members (excludes halogenated alkanes) is 2. The maximum absolute atomic E-state index is 12.3. The van der Waals surface area contributed by atoms with Crippen LogP contribution in [0.2, 0.25) is 0 Å². The molecule has 1 amide bonds. The normalized spacial score (nSPS) is 10.9. The van der Waals surface area contributed by atoms with Crippen molar-refractivity contribution in [3.05, 3.63) is 5.82 Å². The summed E-state index contributed by atoms with van der Waals surface area (Å²) in [4.78, 5) is 14.3. The Morgan fingerprint density at radius 1 is 1.24 bits per heavy atom. The van der Waals surface area contributed by atoms with Gasteiger partial charge >= 0.3 is 0 Å². The molecule has 1 aromatic heterocycles. The van der Waals surface area contributed by atoms with E-state index in [4.69, 9.17) is 5.73 Å². The molecule has 1 rings (SSSR count). The summed E-state index contributed by atoms with van der Waals surface area (Å²) in [6.07, 6.45) is 4.32. The Balaban J connectivity index is 2.53. The summed E-state index contributed by atoms with van der Waals surface area (Å²) in [6, 6.07) is 0. The Hall–Kier alpha value is -1.08. The molecule has 0 radical (unpaired) electrons. The Morgan fingerprint density at radius 2 is 1.86 bits per heavy atom. The van der Waals surface area contributed by atoms with Crippen molar-refractivity contribution in [2.45, 2.75) is 51.2 Å². The minimum atomic E-state index is 0.180. The topological polar surface area (TPSA) is 77.0 Å². The molecule has 0 aliphatic heterocycles. The first-order valence-corrected chi connectivity index (χ1v) is 8.61. The van der Waals surface area contributed by atoms with E-state index >= 15 is 0 Å². The summed E-state index contributed by atoms with van der Waals surface area (Å²) in [6.45, 7) is 6.35. The molecule has 0 unspecified atom stereocenters. The van der Waals surface area contributed by atoms with Crippen molar-refractivity contribution < 1.29 is 4.79 Å². The van der Waals surface area contributed by atoms with Crippen molar-refractivity contribution in [2.24, 2.45) is 12.8 Å². The maximum Gasteiger partial charge on any atom is 0.233 e. The number of hydrogen-bond acceptors (Lipinski definition) is 5. The fourth-order valence-corrected chi connectivity index (χ4v) is 2.76. The molecule has 0 saturated heterocycles. The van der Waals surface area contributed by atoms with Crippen LogP contribution in [0.3, 0.4) is 0 Å². The van der Waals surface area contributed by atoms with Crippen LogP contribution in [0.5, 0.6) is 0 Å². The average Bonchev–Trinajstić information content (AvgIpc) is 2.85. The van der Waals surface area contributed by atoms with Gasteiger partial charge in [-0.1, -0.05) is 38.5 Å². The van der Waals surface area contributed by atoms with Crippen molar-refractivity contribution in [3.63, 3.8) is 0 Å². The second-order valence-electron chi connectivity index (χ2n) is 5.04. The maximum atomic E-state index is 12.3. The van der Waals surface area contributed by atoms with E-state index in [9.17, 15) is 4.79 Å². The van der Waals surface area contributed by atoms with E-state index in [-0.39, 0.29) is 5.91 Å². The zero-order valence-electron chi connectivity index (χ0n) is 13.3. The summed E-state index contributed by atoms with van der Waals surface area (Å²) in [7, 11) is 1.88. The van der Waals surface area contributed by atoms with Crippen LogP contribution < -0.4 is 5.73 Å². The Labute approximate surface area is 131 Å². The van der Waals surface area contributed by atoms with E-state index in [1.807, 2.05) is 16.5 Å². The highest BCUT2D eigenvalue weighted by atomic mass is 32.2. The van der Waals surface area contributed by atoms with Gasteiger partial charge < -0.3 is 15.2 Å². The summed E-state index contributed by atoms with van der Waals surface area (Å²) in [5.41, 5.74) is 5.57. The number of rotatable bonds is 10. The summed E-state index contributed by atoms with van der Waals surface area (Å²) in [5.74, 6) is 1.32. The smallest absolute Gasteiger partial charge is 0.233 e. The number of thioether (sulfide) groups is 1. The second-order valence-corrected chi connectivity index (χ2v) is 5.98. The highest BCUT2D eigenvalue weighted by Crippen LogP contribution is 2.16. The second kappa shape index (κ2) is 9.78. The quantitative estimate of drug-likeness (QED) is 0.666. The fourth-order valence-electron chi connectivity index (χ4n) is 1.93. The molecule has 2 N–H and O–H groups in total. The number of amides is 1. The van der Waals surface area contributed by atoms with Gasteiger partial charge in [-0.2, -0.15) is 0 Å². The van der Waals surface area contributed by atoms with Crippen LogP contribution in [0, 0.1) is 0 Å². The molecular weight excluding hydrogens is 286 g/mol. The Bertz CT molecular complexity index is 427. The first-order valence-electron chi connectivity index (χ1n) is 7.62. The van der Waals surface area contributed by atoms with Crippen molar-refractivity contribution in [1.29, 1.82) is 0 Å². The molecule has 0 aliphatic rings. The highest BCUT2D eigenvalue weighted by Gasteiger charge is 2.15. The summed E-state index contributed by atoms with van der Waals surface area (Å²) in [5, 5.41) is 8.81. The minimum absolute atomic E-state index is 0.180. The molecule has 0 fully saturated rings. The molecule has 1 aromatic rings. The Kier molecular flexibility index (Phi) is 8.37. The average molecular weight is 313 g/mol. The molecule has 0 aromatic carbocycles. The zero-order valence-corrected chi connectivity index (χ0v) is 14.2. The van der Waals surface area contributed by atoms with E-state index in [0.29, 0.717) is 12.3 Å². The molecule has 0 aliphatic carbocycles. The molecular formula is C14H27N5OS. The van der Waals surface area contributed by atoms with Crippen LogP contribution in [-0.4, -0.2) is 44.4 Å². The van der Waals surface area contributed by atoms with Crippen LogP contribution in [0.1, 0.15) is 45.4 Å². The van der Waals surface area contributed by atoms with E-state index in [1.54, 1.807) is 0 Å². The van der Waals surface area contributed by atoms with Gasteiger partial charge in [-0.3, -0.25) is 4.79 Å². The number of nitrogens with zero attached hydrogens (tertiary/aromatic N) is 4. The lowest BCUT2D eigenvalue weighted by molar-refractivity contribution is -0.128. The molecule has 6 nitrogen and oxygen atoms in total. The number of hydrogen-bond donors (Lipinski definition) is 1. The van der Waals surface area contributed by atoms with E-state index < -0.39 is 0 Å². The third-order valence-electron chi connectivity index (χ3n) is 3.35. The predicted molar refractivity (Wildman–Crippen MR) is 86.0 cm³/mol. The van der Waals surface area contributed by atoms with Crippen LogP contribution in [-0.2, 0) is 18.4 Å². The highest BCUT2D eigenvalue weighted by molar-refractivity contribution is 7.99. The molecule has 120 valence electrons. The molecule has 0 saturated carbocycles. The van der Waals surface area contributed by atoms with Crippen LogP contribution >= 0.6 is 11.8 Å². The van der Waals surface area contributed by atoms with Crippen molar-refractivity contribution in [1.82, 2.24) is 19.7 Å². The van der Waals surface area contributed by atoms with Crippen molar-refractivity contribution in [3.8, 4) is 0 Å². The van der Waals surface area contributed by atoms with Gasteiger partial charge in [-0.05, 0) is 12.8 Å². The van der Waals surface area contributed by atoms with Gasteiger partial charge in [0.1, 0.15) is 5.82 Å². The zero-order chi connectivity index (χ0) is 15.7. The lowest BCUT2D eigenvalue weighted by atomic mass is 10.2. The molecule has 1 heterocycles. The third kappa shape index (κ3) is 5.67. The van der Waals surface area contributed by atoms with E-state index in [0.717, 1.165) is 49.8 Å². The van der Waals surface area contributed by atoms with Gasteiger partial charge in [0.05, 0.1) is 12.3 Å². The lowest BCUT2D eigenvalue weighted by Crippen LogP contribution is -2.34. The SMILES string of the molecule is CCCCN(CCCC)C(=O)CSc1nnc(CN)n1C. The van der Waals surface area contributed by atoms with Gasteiger partial charge in [0.15, 0.2) is 5.16 Å². The van der Waals surface area contributed by atoms with Gasteiger partial charge in [0.25, 0.3) is 0 Å². The number of aromatic nitrogens is 3. The van der Waals surface area contributed by atoms with Gasteiger partial charge in [-0.25, -0.2) is 0 Å². The van der Waals surface area contributed by atoms with Crippen LogP contribution in [0.4, 0.5) is 0 Å². The summed E-state index contributed by atoms with van der Waals surface area (Å²) >= 11 is 1.43. The Morgan fingerprint density at radius 3 is 2.33 bits per heavy atom. The van der Waals surface area contributed by atoms with E-state index in [2.05, 4.69) is 24.0 Å². The minimum Gasteiger partial charge on any atom is -0.342 e. The molecule has 0 spiro atoms. The number of carbonyl (C=O) groups excluding carboxylic acids is 1. The molecule has 7 heteroatoms. The standard InChI is InChI=1S/C14H27N5OS/c1-4-6-8-19(9-7-5-2)13(20)11-21-14-17-16-12(10-15)18(14)3/h4-11,15H2,1-3H3. The van der Waals surface area contributed by atoms with E-state index in [1.165, 1.54) is 11.8 Å². The first-order chi connectivity index (χ1) is 10.1. The molecule has 0 atom stereocenters. The van der Waals surface area contributed by atoms with Gasteiger partial charge in [0.2, 0.25) is 5.91 Å². The number of carbonyl (C=O) groups is 1. The number of nitrogens with two attached hydrogens (primary N) is 1. The van der Waals surface area contributed by atoms with Crippen LogP contribution in [0.15, 0.2) is 5.16 Å². The fraction of sp³-hybridized carbons (Fsp3) is 0.786. The largest absolute Gasteiger partial charge is 0.342 e. The third-order valence-corrected chi connectivity index (χ3v) is 4.35. The van der Waals surface area contributed by atoms with Gasteiger partial charge in [0, 0.05) is 20.1 Å². The van der Waals surface area contributed by atoms with Crippen molar-refractivity contribution in [2.75, 3.05) is 18.8 Å². The monoisotopic (exact) mass is 313 g/mol. The van der Waals surface area contributed by atoms with Crippen molar-refractivity contribution >= 4 is 17.7 Å². The van der Waals surface area contributed by atoms with Gasteiger partial charge in [-0.15, -0.1) is 10.2 Å². The first kappa shape index (κ1) is 18.0. The molecule has 21 heavy (non-hydrogen) atoms. The lowest BCUT2D eigenvalue weighted by Gasteiger charge is -2.22. The molecule has 0 bridgehead atoms. The predicted octanol–water partition coefficient (Wildman–Crippen LogP) is 1.79. The van der Waals surface area contributed by atoms with Crippen LogP contribution in [0.25, 0.3) is 0 Å². The summed E-state index contributed by atoms with van der Waals surface area (Å²) < 4.78 is 1.85.